The molecule has 0 saturated heterocycles. The summed E-state index contributed by atoms with van der Waals surface area (Å²) in [6.07, 6.45) is 5.12. The number of nitrogens with zero attached hydrogens (tertiary/aromatic N) is 3. The van der Waals surface area contributed by atoms with Crippen LogP contribution in [0.1, 0.15) is 16.1 Å². The first kappa shape index (κ1) is 15.8. The van der Waals surface area contributed by atoms with Crippen molar-refractivity contribution in [2.75, 3.05) is 7.05 Å². The fourth-order valence-electron chi connectivity index (χ4n) is 2.27. The van der Waals surface area contributed by atoms with E-state index in [2.05, 4.69) is 18.0 Å². The van der Waals surface area contributed by atoms with Crippen molar-refractivity contribution in [3.8, 4) is 0 Å². The van der Waals surface area contributed by atoms with Gasteiger partial charge in [0.1, 0.15) is 5.65 Å². The highest BCUT2D eigenvalue weighted by Gasteiger charge is 2.11. The smallest absolute Gasteiger partial charge is 0.246 e. The normalized spacial score (nSPS) is 11.4. The highest BCUT2D eigenvalue weighted by molar-refractivity contribution is 7.10. The van der Waals surface area contributed by atoms with Gasteiger partial charge >= 0.3 is 0 Å². The molecule has 0 aliphatic carbocycles. The topological polar surface area (TPSA) is 37.6 Å². The maximum absolute atomic E-state index is 12.3. The summed E-state index contributed by atoms with van der Waals surface area (Å²) in [5.74, 6) is -0.0697. The van der Waals surface area contributed by atoms with E-state index in [1.807, 2.05) is 34.2 Å². The SMILES string of the molecule is Cc1ccsc1CN(C)C(=O)/C=C/c1c(Cl)nc2ccccn12. The van der Waals surface area contributed by atoms with E-state index in [0.717, 1.165) is 5.65 Å². The Labute approximate surface area is 143 Å². The molecule has 23 heavy (non-hydrogen) atoms. The van der Waals surface area contributed by atoms with Crippen LogP contribution in [0.3, 0.4) is 0 Å². The van der Waals surface area contributed by atoms with E-state index < -0.39 is 0 Å². The van der Waals surface area contributed by atoms with Gasteiger partial charge in [-0.25, -0.2) is 4.98 Å². The fourth-order valence-corrected chi connectivity index (χ4v) is 3.47. The molecule has 0 spiro atoms. The Morgan fingerprint density at radius 3 is 3.00 bits per heavy atom. The zero-order valence-electron chi connectivity index (χ0n) is 12.9. The Morgan fingerprint density at radius 1 is 1.43 bits per heavy atom. The Kier molecular flexibility index (Phi) is 4.50. The Balaban J connectivity index is 1.77. The minimum Gasteiger partial charge on any atom is -0.337 e. The standard InChI is InChI=1S/C17H16ClN3OS/c1-12-8-10-23-14(12)11-20(2)16(22)7-6-13-17(18)19-15-5-3-4-9-21(13)15/h3-10H,11H2,1-2H3/b7-6+. The van der Waals surface area contributed by atoms with Crippen molar-refractivity contribution in [2.24, 2.45) is 0 Å². The number of rotatable bonds is 4. The molecule has 0 N–H and O–H groups in total. The van der Waals surface area contributed by atoms with Gasteiger partial charge in [-0.2, -0.15) is 0 Å². The lowest BCUT2D eigenvalue weighted by Crippen LogP contribution is -2.23. The molecule has 0 aliphatic rings. The predicted octanol–water partition coefficient (Wildman–Crippen LogP) is 4.03. The molecule has 3 rings (SSSR count). The number of likely N-dealkylation sites (N-methyl/N-ethyl adjacent to an activating group) is 1. The molecule has 3 aromatic rings. The Hall–Kier alpha value is -2.11. The summed E-state index contributed by atoms with van der Waals surface area (Å²) < 4.78 is 1.86. The molecule has 0 aliphatic heterocycles. The summed E-state index contributed by atoms with van der Waals surface area (Å²) in [6, 6.07) is 7.73. The molecule has 0 radical (unpaired) electrons. The average Bonchev–Trinajstić information content (AvgIpc) is 3.07. The third-order valence-electron chi connectivity index (χ3n) is 3.63. The number of aryl methyl sites for hydroxylation is 1. The largest absolute Gasteiger partial charge is 0.337 e. The molecule has 0 saturated carbocycles. The number of aromatic nitrogens is 2. The van der Waals surface area contributed by atoms with E-state index in [-0.39, 0.29) is 5.91 Å². The van der Waals surface area contributed by atoms with Crippen molar-refractivity contribution in [1.82, 2.24) is 14.3 Å². The molecule has 0 atom stereocenters. The van der Waals surface area contributed by atoms with E-state index in [9.17, 15) is 4.79 Å². The van der Waals surface area contributed by atoms with Gasteiger partial charge in [0, 0.05) is 24.2 Å². The highest BCUT2D eigenvalue weighted by atomic mass is 35.5. The van der Waals surface area contributed by atoms with Crippen LogP contribution in [-0.2, 0) is 11.3 Å². The van der Waals surface area contributed by atoms with Crippen LogP contribution in [0.4, 0.5) is 0 Å². The minimum absolute atomic E-state index is 0.0697. The number of thiophene rings is 1. The Bertz CT molecular complexity index is 881. The molecule has 1 amide bonds. The van der Waals surface area contributed by atoms with Gasteiger partial charge in [-0.05, 0) is 42.1 Å². The van der Waals surface area contributed by atoms with Crippen LogP contribution in [0.2, 0.25) is 5.15 Å². The summed E-state index contributed by atoms with van der Waals surface area (Å²) in [7, 11) is 1.79. The number of hydrogen-bond donors (Lipinski definition) is 0. The Morgan fingerprint density at radius 2 is 2.26 bits per heavy atom. The van der Waals surface area contributed by atoms with Crippen molar-refractivity contribution in [3.63, 3.8) is 0 Å². The summed E-state index contributed by atoms with van der Waals surface area (Å²) in [5, 5.41) is 2.42. The van der Waals surface area contributed by atoms with E-state index >= 15 is 0 Å². The van der Waals surface area contributed by atoms with Crippen molar-refractivity contribution in [3.05, 3.63) is 63.2 Å². The molecule has 6 heteroatoms. The van der Waals surface area contributed by atoms with Crippen LogP contribution in [0.5, 0.6) is 0 Å². The van der Waals surface area contributed by atoms with Crippen LogP contribution in [0.15, 0.2) is 41.9 Å². The molecule has 4 nitrogen and oxygen atoms in total. The molecular formula is C17H16ClN3OS. The molecular weight excluding hydrogens is 330 g/mol. The molecule has 0 bridgehead atoms. The van der Waals surface area contributed by atoms with Gasteiger partial charge < -0.3 is 4.90 Å². The predicted molar refractivity (Wildman–Crippen MR) is 94.8 cm³/mol. The van der Waals surface area contributed by atoms with Gasteiger partial charge in [0.2, 0.25) is 5.91 Å². The average molecular weight is 346 g/mol. The highest BCUT2D eigenvalue weighted by Crippen LogP contribution is 2.20. The number of imidazole rings is 1. The molecule has 3 aromatic heterocycles. The summed E-state index contributed by atoms with van der Waals surface area (Å²) in [5.41, 5.74) is 2.67. The second-order valence-electron chi connectivity index (χ2n) is 5.27. The minimum atomic E-state index is -0.0697. The van der Waals surface area contributed by atoms with Crippen molar-refractivity contribution in [1.29, 1.82) is 0 Å². The number of carbonyl (C=O) groups excluding carboxylic acids is 1. The van der Waals surface area contributed by atoms with Gasteiger partial charge in [-0.1, -0.05) is 17.7 Å². The number of amides is 1. The van der Waals surface area contributed by atoms with Gasteiger partial charge in [-0.3, -0.25) is 9.20 Å². The fraction of sp³-hybridized carbons (Fsp3) is 0.176. The summed E-state index contributed by atoms with van der Waals surface area (Å²) in [4.78, 5) is 19.4. The first-order chi connectivity index (χ1) is 11.1. The van der Waals surface area contributed by atoms with Gasteiger partial charge in [-0.15, -0.1) is 11.3 Å². The number of hydrogen-bond acceptors (Lipinski definition) is 3. The van der Waals surface area contributed by atoms with Crippen molar-refractivity contribution < 1.29 is 4.79 Å². The molecule has 118 valence electrons. The number of halogens is 1. The molecule has 3 heterocycles. The quantitative estimate of drug-likeness (QED) is 0.669. The lowest BCUT2D eigenvalue weighted by Gasteiger charge is -2.14. The second kappa shape index (κ2) is 6.56. The first-order valence-electron chi connectivity index (χ1n) is 7.15. The maximum Gasteiger partial charge on any atom is 0.246 e. The van der Waals surface area contributed by atoms with E-state index in [4.69, 9.17) is 11.6 Å². The number of carbonyl (C=O) groups is 1. The molecule has 0 unspecified atom stereocenters. The third kappa shape index (κ3) is 3.30. The maximum atomic E-state index is 12.3. The molecule has 0 aromatic carbocycles. The van der Waals surface area contributed by atoms with Crippen LogP contribution in [0.25, 0.3) is 11.7 Å². The van der Waals surface area contributed by atoms with Gasteiger partial charge in [0.05, 0.1) is 12.2 Å². The zero-order chi connectivity index (χ0) is 16.4. The van der Waals surface area contributed by atoms with Crippen LogP contribution < -0.4 is 0 Å². The third-order valence-corrected chi connectivity index (χ3v) is 4.92. The van der Waals surface area contributed by atoms with Crippen molar-refractivity contribution in [2.45, 2.75) is 13.5 Å². The van der Waals surface area contributed by atoms with Crippen molar-refractivity contribution >= 4 is 40.6 Å². The summed E-state index contributed by atoms with van der Waals surface area (Å²) in [6.45, 7) is 2.66. The summed E-state index contributed by atoms with van der Waals surface area (Å²) >= 11 is 7.82. The van der Waals surface area contributed by atoms with E-state index in [1.54, 1.807) is 29.4 Å². The molecule has 0 fully saturated rings. The number of pyridine rings is 1. The number of fused-ring (bicyclic) bond motifs is 1. The van der Waals surface area contributed by atoms with Crippen LogP contribution >= 0.6 is 22.9 Å². The van der Waals surface area contributed by atoms with Crippen LogP contribution in [-0.4, -0.2) is 27.2 Å². The monoisotopic (exact) mass is 345 g/mol. The zero-order valence-corrected chi connectivity index (χ0v) is 14.4. The van der Waals surface area contributed by atoms with Crippen LogP contribution in [0, 0.1) is 6.92 Å². The first-order valence-corrected chi connectivity index (χ1v) is 8.41. The lowest BCUT2D eigenvalue weighted by molar-refractivity contribution is -0.125. The second-order valence-corrected chi connectivity index (χ2v) is 6.63. The van der Waals surface area contributed by atoms with Gasteiger partial charge in [0.25, 0.3) is 0 Å². The van der Waals surface area contributed by atoms with E-state index in [1.165, 1.54) is 16.5 Å². The van der Waals surface area contributed by atoms with E-state index in [0.29, 0.717) is 17.4 Å². The lowest BCUT2D eigenvalue weighted by atomic mass is 10.3. The van der Waals surface area contributed by atoms with Gasteiger partial charge in [0.15, 0.2) is 5.15 Å².